The Morgan fingerprint density at radius 3 is 0.937 bits per heavy atom. The van der Waals surface area contributed by atoms with Gasteiger partial charge in [-0.1, -0.05) is 310 Å². The van der Waals surface area contributed by atoms with Crippen LogP contribution in [0.5, 0.6) is 0 Å². The van der Waals surface area contributed by atoms with Gasteiger partial charge in [-0.05, 0) is 69.1 Å². The van der Waals surface area contributed by atoms with Gasteiger partial charge in [0.15, 0.2) is 12.2 Å². The van der Waals surface area contributed by atoms with Crippen molar-refractivity contribution >= 4 is 39.5 Å². The van der Waals surface area contributed by atoms with Crippen LogP contribution in [0.15, 0.2) is 24.3 Å². The minimum atomic E-state index is -4.96. The molecule has 0 spiro atoms. The average Bonchev–Trinajstić information content (AvgIpc) is 3.52. The van der Waals surface area contributed by atoms with Crippen molar-refractivity contribution in [3.63, 3.8) is 0 Å². The van der Waals surface area contributed by atoms with E-state index in [4.69, 9.17) is 37.0 Å². The number of esters is 4. The molecule has 3 N–H and O–H groups in total. The van der Waals surface area contributed by atoms with E-state index in [1.54, 1.807) is 0 Å². The number of hydrogen-bond donors (Lipinski definition) is 3. The van der Waals surface area contributed by atoms with Crippen LogP contribution in [0.1, 0.15) is 363 Å². The largest absolute Gasteiger partial charge is 0.472 e. The van der Waals surface area contributed by atoms with E-state index in [2.05, 4.69) is 72.8 Å². The van der Waals surface area contributed by atoms with Crippen molar-refractivity contribution in [1.82, 2.24) is 0 Å². The van der Waals surface area contributed by atoms with Crippen LogP contribution in [0, 0.1) is 17.8 Å². The molecule has 0 bridgehead atoms. The Morgan fingerprint density at radius 1 is 0.347 bits per heavy atom. The molecule has 0 aliphatic carbocycles. The second-order valence-corrected chi connectivity index (χ2v) is 30.6. The number of phosphoric ester groups is 2. The lowest BCUT2D eigenvalue weighted by atomic mass is 9.99. The van der Waals surface area contributed by atoms with Crippen molar-refractivity contribution in [1.29, 1.82) is 0 Å². The zero-order chi connectivity index (χ0) is 70.1. The number of aliphatic hydroxyl groups is 1. The Hall–Kier alpha value is -2.46. The van der Waals surface area contributed by atoms with Gasteiger partial charge in [-0.3, -0.25) is 37.3 Å². The van der Waals surface area contributed by atoms with Crippen LogP contribution in [0.4, 0.5) is 0 Å². The molecule has 0 radical (unpaired) electrons. The van der Waals surface area contributed by atoms with Crippen molar-refractivity contribution in [3.05, 3.63) is 24.3 Å². The van der Waals surface area contributed by atoms with E-state index >= 15 is 0 Å². The SMILES string of the molecule is CCCCCC/C=C\C=C/CCCCCCCC(=O)O[C@H](COC(=O)CCCCCCCCCC(C)C)COP(=O)(O)OCC(O)COP(=O)(O)OC[C@@H](COC(=O)CCCCCCCCCCCCCCCCC(C)CC)OC(=O)CCCCCCCCCCC(C)CC. The number of carbonyl (C=O) groups is 4. The molecule has 7 atom stereocenters. The third-order valence-electron chi connectivity index (χ3n) is 17.7. The van der Waals surface area contributed by atoms with Gasteiger partial charge in [0.05, 0.1) is 26.4 Å². The lowest BCUT2D eigenvalue weighted by Gasteiger charge is -2.21. The van der Waals surface area contributed by atoms with Gasteiger partial charge in [-0.15, -0.1) is 0 Å². The lowest BCUT2D eigenvalue weighted by molar-refractivity contribution is -0.161. The summed E-state index contributed by atoms with van der Waals surface area (Å²) in [5, 5.41) is 10.6. The Morgan fingerprint density at radius 2 is 0.621 bits per heavy atom. The van der Waals surface area contributed by atoms with Crippen molar-refractivity contribution in [2.24, 2.45) is 17.8 Å². The molecule has 0 aromatic rings. The van der Waals surface area contributed by atoms with Gasteiger partial charge in [-0.2, -0.15) is 0 Å². The van der Waals surface area contributed by atoms with E-state index in [1.807, 2.05) is 0 Å². The third-order valence-corrected chi connectivity index (χ3v) is 19.6. The first-order chi connectivity index (χ1) is 45.8. The molecule has 0 saturated carbocycles. The molecule has 0 aromatic carbocycles. The van der Waals surface area contributed by atoms with Crippen molar-refractivity contribution < 1.29 is 80.2 Å². The highest BCUT2D eigenvalue weighted by Crippen LogP contribution is 2.45. The second kappa shape index (κ2) is 66.1. The lowest BCUT2D eigenvalue weighted by Crippen LogP contribution is -2.30. The Bertz CT molecular complexity index is 1950. The number of aliphatic hydroxyl groups excluding tert-OH is 1. The molecule has 0 aliphatic rings. The first kappa shape index (κ1) is 92.5. The van der Waals surface area contributed by atoms with Crippen LogP contribution < -0.4 is 0 Å². The number of rotatable bonds is 72. The fourth-order valence-corrected chi connectivity index (χ4v) is 12.6. The van der Waals surface area contributed by atoms with Crippen LogP contribution in [0.2, 0.25) is 0 Å². The Balaban J connectivity index is 5.26. The predicted octanol–water partition coefficient (Wildman–Crippen LogP) is 21.7. The highest BCUT2D eigenvalue weighted by molar-refractivity contribution is 7.47. The summed E-state index contributed by atoms with van der Waals surface area (Å²) >= 11 is 0. The standard InChI is InChI=1S/C76H144O17P2/c1-8-11-12-13-14-15-16-17-18-23-26-29-37-45-52-59-75(80)92-72(64-87-74(79)58-51-44-39-32-33-40-47-54-67(4)5)66-91-95(84,85)89-62-70(77)61-88-94(82,83)90-65-71(93-76(81)60-53-46-38-31-30-35-42-49-56-69(7)10-3)63-86-73(78)57-50-43-36-28-25-22-20-19-21-24-27-34-41-48-55-68(6)9-2/h15-18,67-72,77H,8-14,19-66H2,1-7H3,(H,82,83)(H,84,85)/b16-15-,18-17-/t68?,69?,70?,71-,72-/m1/s1. The summed E-state index contributed by atoms with van der Waals surface area (Å²) in [6.45, 7) is 11.8. The number of hydrogen-bond acceptors (Lipinski definition) is 15. The molecule has 19 heteroatoms. The summed E-state index contributed by atoms with van der Waals surface area (Å²) in [6, 6.07) is 0. The normalized spacial score (nSPS) is 14.8. The summed E-state index contributed by atoms with van der Waals surface area (Å²) < 4.78 is 68.4. The molecule has 0 aromatic heterocycles. The summed E-state index contributed by atoms with van der Waals surface area (Å²) in [6.07, 6.45) is 54.9. The fourth-order valence-electron chi connectivity index (χ4n) is 11.0. The van der Waals surface area contributed by atoms with Gasteiger partial charge in [-0.25, -0.2) is 9.13 Å². The van der Waals surface area contributed by atoms with Crippen LogP contribution >= 0.6 is 15.6 Å². The smallest absolute Gasteiger partial charge is 0.462 e. The van der Waals surface area contributed by atoms with Gasteiger partial charge in [0.1, 0.15) is 19.3 Å². The van der Waals surface area contributed by atoms with Gasteiger partial charge < -0.3 is 33.8 Å². The zero-order valence-corrected chi connectivity index (χ0v) is 63.4. The van der Waals surface area contributed by atoms with Gasteiger partial charge in [0, 0.05) is 25.7 Å². The Kier molecular flexibility index (Phi) is 64.4. The van der Waals surface area contributed by atoms with E-state index in [-0.39, 0.29) is 25.7 Å². The van der Waals surface area contributed by atoms with Gasteiger partial charge >= 0.3 is 39.5 Å². The van der Waals surface area contributed by atoms with E-state index in [1.165, 1.54) is 154 Å². The van der Waals surface area contributed by atoms with Crippen molar-refractivity contribution in [2.45, 2.75) is 381 Å². The molecule has 0 fully saturated rings. The summed E-state index contributed by atoms with van der Waals surface area (Å²) in [4.78, 5) is 72.8. The van der Waals surface area contributed by atoms with Crippen LogP contribution in [0.25, 0.3) is 0 Å². The molecule has 0 rings (SSSR count). The third kappa shape index (κ3) is 67.2. The number of unbranched alkanes of at least 4 members (excludes halogenated alkanes) is 35. The van der Waals surface area contributed by atoms with Gasteiger partial charge in [0.2, 0.25) is 0 Å². The van der Waals surface area contributed by atoms with Gasteiger partial charge in [0.25, 0.3) is 0 Å². The molecular formula is C76H144O17P2. The summed E-state index contributed by atoms with van der Waals surface area (Å²) in [5.74, 6) is 0.167. The van der Waals surface area contributed by atoms with Crippen LogP contribution in [-0.2, 0) is 65.4 Å². The minimum absolute atomic E-state index is 0.0839. The maximum Gasteiger partial charge on any atom is 0.472 e. The molecule has 95 heavy (non-hydrogen) atoms. The summed E-state index contributed by atoms with van der Waals surface area (Å²) in [7, 11) is -9.92. The number of allylic oxidation sites excluding steroid dienone is 4. The Labute approximate surface area is 580 Å². The van der Waals surface area contributed by atoms with Crippen LogP contribution in [-0.4, -0.2) is 96.7 Å². The highest BCUT2D eigenvalue weighted by atomic mass is 31.2. The molecule has 5 unspecified atom stereocenters. The highest BCUT2D eigenvalue weighted by Gasteiger charge is 2.30. The topological polar surface area (TPSA) is 237 Å². The van der Waals surface area contributed by atoms with E-state index in [0.29, 0.717) is 31.6 Å². The second-order valence-electron chi connectivity index (χ2n) is 27.7. The molecule has 560 valence electrons. The molecule has 0 aliphatic heterocycles. The fraction of sp³-hybridized carbons (Fsp3) is 0.895. The van der Waals surface area contributed by atoms with Crippen molar-refractivity contribution in [3.8, 4) is 0 Å². The van der Waals surface area contributed by atoms with E-state index in [0.717, 1.165) is 121 Å². The maximum atomic E-state index is 13.1. The predicted molar refractivity (Wildman–Crippen MR) is 386 cm³/mol. The molecular weight excluding hydrogens is 1250 g/mol. The molecule has 0 heterocycles. The number of ether oxygens (including phenoxy) is 4. The van der Waals surface area contributed by atoms with Crippen LogP contribution in [0.3, 0.4) is 0 Å². The monoisotopic (exact) mass is 1390 g/mol. The molecule has 0 saturated heterocycles. The van der Waals surface area contributed by atoms with E-state index in [9.17, 15) is 43.2 Å². The quantitative estimate of drug-likeness (QED) is 0.0169. The maximum absolute atomic E-state index is 13.1. The molecule has 0 amide bonds. The minimum Gasteiger partial charge on any atom is -0.462 e. The first-order valence-electron chi connectivity index (χ1n) is 38.7. The van der Waals surface area contributed by atoms with Crippen molar-refractivity contribution in [2.75, 3.05) is 39.6 Å². The number of carbonyl (C=O) groups excluding carboxylic acids is 4. The molecule has 17 nitrogen and oxygen atoms in total. The number of phosphoric acid groups is 2. The zero-order valence-electron chi connectivity index (χ0n) is 61.6. The first-order valence-corrected chi connectivity index (χ1v) is 41.7. The summed E-state index contributed by atoms with van der Waals surface area (Å²) in [5.41, 5.74) is 0. The average molecular weight is 1390 g/mol. The van der Waals surface area contributed by atoms with E-state index < -0.39 is 97.5 Å².